The van der Waals surface area contributed by atoms with Crippen molar-refractivity contribution in [1.29, 1.82) is 0 Å². The Morgan fingerprint density at radius 2 is 1.84 bits per heavy atom. The lowest BCUT2D eigenvalue weighted by molar-refractivity contribution is -0.141. The number of carbonyl (C=O) groups is 3. The number of nitrogens with one attached hydrogen (secondary N) is 1. The van der Waals surface area contributed by atoms with E-state index in [1.807, 2.05) is 0 Å². The molecule has 2 aromatic rings. The largest absolute Gasteiger partial charge is 0.467 e. The summed E-state index contributed by atoms with van der Waals surface area (Å²) < 4.78 is 29.1. The van der Waals surface area contributed by atoms with Gasteiger partial charge in [0.15, 0.2) is 0 Å². The van der Waals surface area contributed by atoms with Crippen LogP contribution in [0.15, 0.2) is 47.1 Å². The number of hydrogen-bond donors (Lipinski definition) is 1. The number of halogens is 1. The number of hydrogen-bond acceptors (Lipinski definition) is 7. The molecule has 2 heterocycles. The fourth-order valence-electron chi connectivity index (χ4n) is 3.93. The third-order valence-corrected chi connectivity index (χ3v) is 5.87. The fourth-order valence-corrected chi connectivity index (χ4v) is 3.93. The second-order valence-corrected chi connectivity index (χ2v) is 8.65. The Hall–Kier alpha value is -3.44. The van der Waals surface area contributed by atoms with E-state index in [0.29, 0.717) is 31.9 Å². The highest BCUT2D eigenvalue weighted by atomic mass is 19.1. The van der Waals surface area contributed by atoms with Gasteiger partial charge in [0.25, 0.3) is 0 Å². The Morgan fingerprint density at radius 1 is 1.08 bits per heavy atom. The summed E-state index contributed by atoms with van der Waals surface area (Å²) in [4.78, 5) is 43.3. The Labute approximate surface area is 216 Å². The van der Waals surface area contributed by atoms with Crippen LogP contribution in [-0.4, -0.2) is 91.7 Å². The minimum absolute atomic E-state index is 0.190. The molecule has 10 nitrogen and oxygen atoms in total. The van der Waals surface area contributed by atoms with Crippen molar-refractivity contribution in [2.75, 3.05) is 59.1 Å². The van der Waals surface area contributed by atoms with Gasteiger partial charge >= 0.3 is 12.0 Å². The summed E-state index contributed by atoms with van der Waals surface area (Å²) in [7, 11) is 0. The van der Waals surface area contributed by atoms with E-state index in [1.165, 1.54) is 23.3 Å². The lowest BCUT2D eigenvalue weighted by atomic mass is 10.2. The van der Waals surface area contributed by atoms with Gasteiger partial charge in [0.2, 0.25) is 5.91 Å². The van der Waals surface area contributed by atoms with Gasteiger partial charge in [-0.15, -0.1) is 0 Å². The molecule has 0 spiro atoms. The second-order valence-electron chi connectivity index (χ2n) is 8.65. The molecule has 37 heavy (non-hydrogen) atoms. The van der Waals surface area contributed by atoms with E-state index >= 15 is 0 Å². The van der Waals surface area contributed by atoms with Gasteiger partial charge in [-0.05, 0) is 43.2 Å². The number of amides is 3. The van der Waals surface area contributed by atoms with E-state index in [4.69, 9.17) is 13.9 Å². The summed E-state index contributed by atoms with van der Waals surface area (Å²) in [6.45, 7) is 5.89. The summed E-state index contributed by atoms with van der Waals surface area (Å²) in [5, 5.41) is 2.55. The van der Waals surface area contributed by atoms with Crippen molar-refractivity contribution in [3.05, 3.63) is 59.8 Å². The molecule has 11 heteroatoms. The number of esters is 1. The quantitative estimate of drug-likeness (QED) is 0.406. The topological polar surface area (TPSA) is 105 Å². The highest BCUT2D eigenvalue weighted by Gasteiger charge is 2.23. The van der Waals surface area contributed by atoms with E-state index in [0.717, 1.165) is 25.2 Å². The van der Waals surface area contributed by atoms with Crippen molar-refractivity contribution in [3.63, 3.8) is 0 Å². The molecule has 202 valence electrons. The molecule has 0 aliphatic carbocycles. The average Bonchev–Trinajstić information content (AvgIpc) is 3.41. The number of nitrogens with zero attached hydrogens (tertiary/aromatic N) is 3. The van der Waals surface area contributed by atoms with Crippen molar-refractivity contribution in [3.8, 4) is 0 Å². The van der Waals surface area contributed by atoms with Crippen LogP contribution in [-0.2, 0) is 32.2 Å². The number of carbonyl (C=O) groups excluding carboxylic acids is 3. The minimum Gasteiger partial charge on any atom is -0.467 e. The zero-order chi connectivity index (χ0) is 26.5. The lowest BCUT2D eigenvalue weighted by Gasteiger charge is -2.29. The van der Waals surface area contributed by atoms with Crippen molar-refractivity contribution < 1.29 is 32.7 Å². The Kier molecular flexibility index (Phi) is 11.4. The van der Waals surface area contributed by atoms with E-state index in [1.54, 1.807) is 36.1 Å². The maximum atomic E-state index is 13.4. The molecule has 1 N–H and O–H groups in total. The van der Waals surface area contributed by atoms with Crippen molar-refractivity contribution in [2.45, 2.75) is 26.4 Å². The summed E-state index contributed by atoms with van der Waals surface area (Å²) in [5.41, 5.74) is 0.743. The Bertz CT molecular complexity index is 979. The molecule has 1 aliphatic heterocycles. The van der Waals surface area contributed by atoms with Crippen LogP contribution < -0.4 is 5.32 Å². The zero-order valence-corrected chi connectivity index (χ0v) is 21.2. The monoisotopic (exact) mass is 518 g/mol. The summed E-state index contributed by atoms with van der Waals surface area (Å²) in [6, 6.07) is 8.88. The van der Waals surface area contributed by atoms with Gasteiger partial charge in [-0.2, -0.15) is 0 Å². The van der Waals surface area contributed by atoms with Gasteiger partial charge in [0, 0.05) is 32.7 Å². The van der Waals surface area contributed by atoms with Crippen LogP contribution in [0.5, 0.6) is 0 Å². The van der Waals surface area contributed by atoms with Crippen LogP contribution in [0.2, 0.25) is 0 Å². The Morgan fingerprint density at radius 3 is 2.51 bits per heavy atom. The molecule has 1 fully saturated rings. The SMILES string of the molecule is CCOC(=O)CNC(=O)N(CCCN1CCOCC1)CC(=O)N(Cc1ccc(F)cc1)Cc1ccco1. The highest BCUT2D eigenvalue weighted by Crippen LogP contribution is 2.13. The van der Waals surface area contributed by atoms with Gasteiger partial charge in [0.1, 0.15) is 24.7 Å². The van der Waals surface area contributed by atoms with Gasteiger partial charge in [-0.3, -0.25) is 14.5 Å². The van der Waals surface area contributed by atoms with E-state index in [2.05, 4.69) is 10.2 Å². The number of benzene rings is 1. The van der Waals surface area contributed by atoms with Crippen molar-refractivity contribution in [1.82, 2.24) is 20.0 Å². The van der Waals surface area contributed by atoms with Crippen LogP contribution in [0.1, 0.15) is 24.7 Å². The number of furan rings is 1. The van der Waals surface area contributed by atoms with Crippen LogP contribution in [0, 0.1) is 5.82 Å². The van der Waals surface area contributed by atoms with Gasteiger partial charge in [0.05, 0.1) is 32.6 Å². The predicted octanol–water partition coefficient (Wildman–Crippen LogP) is 2.24. The normalized spacial score (nSPS) is 13.7. The van der Waals surface area contributed by atoms with Crippen LogP contribution in [0.4, 0.5) is 9.18 Å². The first-order valence-electron chi connectivity index (χ1n) is 12.5. The molecule has 1 aromatic heterocycles. The standard InChI is InChI=1S/C26H35FN4O6/c1-2-36-25(33)17-28-26(34)30(11-4-10-29-12-15-35-16-13-29)20-24(32)31(19-23-5-3-14-37-23)18-21-6-8-22(27)9-7-21/h3,5-9,14H,2,4,10-13,15-20H2,1H3,(H,28,34). The smallest absolute Gasteiger partial charge is 0.325 e. The van der Waals surface area contributed by atoms with E-state index in [9.17, 15) is 18.8 Å². The number of rotatable bonds is 13. The predicted molar refractivity (Wildman–Crippen MR) is 133 cm³/mol. The first-order chi connectivity index (χ1) is 17.9. The molecule has 0 saturated carbocycles. The molecule has 1 saturated heterocycles. The second kappa shape index (κ2) is 15.0. The van der Waals surface area contributed by atoms with Crippen molar-refractivity contribution >= 4 is 17.9 Å². The summed E-state index contributed by atoms with van der Waals surface area (Å²) >= 11 is 0. The van der Waals surface area contributed by atoms with Gasteiger partial charge in [-0.1, -0.05) is 12.1 Å². The first-order valence-corrected chi connectivity index (χ1v) is 12.5. The molecule has 1 aliphatic rings. The average molecular weight is 519 g/mol. The number of urea groups is 1. The van der Waals surface area contributed by atoms with Crippen molar-refractivity contribution in [2.24, 2.45) is 0 Å². The third kappa shape index (κ3) is 9.85. The van der Waals surface area contributed by atoms with Crippen LogP contribution in [0.25, 0.3) is 0 Å². The maximum Gasteiger partial charge on any atom is 0.325 e. The van der Waals surface area contributed by atoms with Gasteiger partial charge < -0.3 is 29.0 Å². The van der Waals surface area contributed by atoms with Crippen LogP contribution >= 0.6 is 0 Å². The third-order valence-electron chi connectivity index (χ3n) is 5.87. The zero-order valence-electron chi connectivity index (χ0n) is 21.2. The summed E-state index contributed by atoms with van der Waals surface area (Å²) in [5.74, 6) is -0.636. The number of morpholine rings is 1. The first kappa shape index (κ1) is 28.1. The molecular formula is C26H35FN4O6. The molecule has 0 unspecified atom stereocenters. The lowest BCUT2D eigenvalue weighted by Crippen LogP contribution is -2.48. The molecule has 1 aromatic carbocycles. The van der Waals surface area contributed by atoms with E-state index < -0.39 is 12.0 Å². The fraction of sp³-hybridized carbons (Fsp3) is 0.500. The minimum atomic E-state index is -0.550. The molecule has 3 amide bonds. The summed E-state index contributed by atoms with van der Waals surface area (Å²) in [6.07, 6.45) is 2.17. The molecule has 0 atom stereocenters. The molecular weight excluding hydrogens is 483 g/mol. The van der Waals surface area contributed by atoms with Crippen LogP contribution in [0.3, 0.4) is 0 Å². The Balaban J connectivity index is 1.67. The van der Waals surface area contributed by atoms with E-state index in [-0.39, 0.29) is 44.5 Å². The van der Waals surface area contributed by atoms with Gasteiger partial charge in [-0.25, -0.2) is 9.18 Å². The molecule has 0 radical (unpaired) electrons. The molecule has 3 rings (SSSR count). The maximum absolute atomic E-state index is 13.4. The molecule has 0 bridgehead atoms. The highest BCUT2D eigenvalue weighted by molar-refractivity contribution is 5.86. The number of ether oxygens (including phenoxy) is 2.